The van der Waals surface area contributed by atoms with Crippen LogP contribution in [-0.4, -0.2) is 96.7 Å². The molecule has 0 aliphatic carbocycles. The van der Waals surface area contributed by atoms with Crippen LogP contribution in [0.5, 0.6) is 0 Å². The number of carbonyl (C=O) groups is 4. The lowest BCUT2D eigenvalue weighted by atomic mass is 10.0. The topological polar surface area (TPSA) is 237 Å². The Hall–Kier alpha value is -1.94. The van der Waals surface area contributed by atoms with Crippen molar-refractivity contribution in [2.75, 3.05) is 39.6 Å². The number of rotatable bonds is 88. The van der Waals surface area contributed by atoms with Gasteiger partial charge in [-0.2, -0.15) is 0 Å². The van der Waals surface area contributed by atoms with Crippen molar-refractivity contribution in [1.29, 1.82) is 0 Å². The second-order valence-electron chi connectivity index (χ2n) is 32.1. The van der Waals surface area contributed by atoms with Gasteiger partial charge in [0.1, 0.15) is 19.3 Å². The van der Waals surface area contributed by atoms with Crippen molar-refractivity contribution in [3.05, 3.63) is 0 Å². The van der Waals surface area contributed by atoms with E-state index in [4.69, 9.17) is 37.0 Å². The molecule has 0 aromatic rings. The minimum atomic E-state index is -4.97. The normalized spacial score (nSPS) is 13.7. The number of phosphoric acid groups is 2. The van der Waals surface area contributed by atoms with E-state index in [0.717, 1.165) is 95.8 Å². The van der Waals surface area contributed by atoms with Crippen molar-refractivity contribution < 1.29 is 80.2 Å². The summed E-state index contributed by atoms with van der Waals surface area (Å²) in [6.07, 6.45) is 74.9. The minimum Gasteiger partial charge on any atom is -0.462 e. The van der Waals surface area contributed by atoms with E-state index < -0.39 is 97.5 Å². The average Bonchev–Trinajstić information content (AvgIpc) is 0.900. The number of ether oxygens (including phenoxy) is 4. The molecule has 17 nitrogen and oxygen atoms in total. The van der Waals surface area contributed by atoms with Crippen LogP contribution in [0, 0.1) is 5.92 Å². The molecule has 636 valence electrons. The predicted molar refractivity (Wildman–Crippen MR) is 442 cm³/mol. The van der Waals surface area contributed by atoms with Gasteiger partial charge in [-0.05, 0) is 31.6 Å². The molecule has 19 heteroatoms. The number of carbonyl (C=O) groups excluding carboxylic acids is 4. The summed E-state index contributed by atoms with van der Waals surface area (Å²) >= 11 is 0. The highest BCUT2D eigenvalue weighted by Gasteiger charge is 2.30. The molecule has 107 heavy (non-hydrogen) atoms. The summed E-state index contributed by atoms with van der Waals surface area (Å²) in [4.78, 5) is 73.3. The third-order valence-corrected chi connectivity index (χ3v) is 22.7. The molecule has 0 bridgehead atoms. The monoisotopic (exact) mass is 1560 g/mol. The molecular formula is C88H172O17P2. The Morgan fingerprint density at radius 2 is 0.430 bits per heavy atom. The Labute approximate surface area is 658 Å². The molecule has 0 fully saturated rings. The summed E-state index contributed by atoms with van der Waals surface area (Å²) in [6, 6.07) is 0. The molecule has 0 radical (unpaired) electrons. The lowest BCUT2D eigenvalue weighted by Crippen LogP contribution is -2.30. The van der Waals surface area contributed by atoms with Crippen molar-refractivity contribution in [2.45, 2.75) is 496 Å². The molecule has 0 aliphatic heterocycles. The van der Waals surface area contributed by atoms with E-state index in [1.165, 1.54) is 302 Å². The average molecular weight is 1560 g/mol. The maximum Gasteiger partial charge on any atom is 0.472 e. The SMILES string of the molecule is CCCCCCCCCCCCCCCCCCCCCCCC(=O)O[C@H](COC(=O)CCCCCCCCCCCCCCCCCC(C)C)COP(=O)(O)OC[C@@H](O)COP(=O)(O)OC[C@@H](COC(=O)CCCCCCCCCCCCCCC)OC(=O)CCCCCCCCCCCCCCCCC. The van der Waals surface area contributed by atoms with E-state index in [1.54, 1.807) is 0 Å². The van der Waals surface area contributed by atoms with Crippen LogP contribution < -0.4 is 0 Å². The molecule has 5 atom stereocenters. The standard InChI is InChI=1S/C88H172O17P2/c1-6-9-12-15-18-21-24-27-29-30-31-32-33-34-38-44-49-54-59-64-69-74-88(93)105-84(78-99-86(91)72-67-62-57-52-47-42-39-35-37-41-45-50-55-60-65-70-81(4)5)80-103-107(96,97)101-76-82(89)75-100-106(94,95)102-79-83(77-98-85(90)71-66-61-56-51-46-40-26-23-20-17-14-11-8-3)104-87(92)73-68-63-58-53-48-43-36-28-25-22-19-16-13-10-7-2/h81-84,89H,6-80H2,1-5H3,(H,94,95)(H,96,97)/t82-,83+,84+/m0/s1. The molecule has 0 saturated heterocycles. The van der Waals surface area contributed by atoms with Crippen molar-refractivity contribution >= 4 is 39.5 Å². The first-order chi connectivity index (χ1) is 52.0. The number of hydrogen-bond donors (Lipinski definition) is 3. The molecule has 3 N–H and O–H groups in total. The maximum atomic E-state index is 13.2. The fourth-order valence-corrected chi connectivity index (χ4v) is 15.4. The number of hydrogen-bond acceptors (Lipinski definition) is 15. The van der Waals surface area contributed by atoms with Gasteiger partial charge in [0.25, 0.3) is 0 Å². The smallest absolute Gasteiger partial charge is 0.462 e. The van der Waals surface area contributed by atoms with E-state index in [1.807, 2.05) is 0 Å². The van der Waals surface area contributed by atoms with Crippen molar-refractivity contribution in [1.82, 2.24) is 0 Å². The van der Waals surface area contributed by atoms with E-state index in [0.29, 0.717) is 25.7 Å². The minimum absolute atomic E-state index is 0.109. The van der Waals surface area contributed by atoms with Gasteiger partial charge in [0.05, 0.1) is 26.4 Å². The number of phosphoric ester groups is 2. The van der Waals surface area contributed by atoms with E-state index in [2.05, 4.69) is 34.6 Å². The summed E-state index contributed by atoms with van der Waals surface area (Å²) in [5.41, 5.74) is 0. The van der Waals surface area contributed by atoms with Crippen molar-refractivity contribution in [3.63, 3.8) is 0 Å². The van der Waals surface area contributed by atoms with E-state index in [9.17, 15) is 43.2 Å². The van der Waals surface area contributed by atoms with Gasteiger partial charge in [-0.15, -0.1) is 0 Å². The first-order valence-corrected chi connectivity index (χ1v) is 48.6. The molecular weight excluding hydrogens is 1390 g/mol. The molecule has 0 heterocycles. The molecule has 0 aromatic carbocycles. The molecule has 0 amide bonds. The van der Waals surface area contributed by atoms with Gasteiger partial charge < -0.3 is 33.8 Å². The summed E-state index contributed by atoms with van der Waals surface area (Å²) < 4.78 is 69.0. The molecule has 0 spiro atoms. The van der Waals surface area contributed by atoms with Gasteiger partial charge in [-0.1, -0.05) is 426 Å². The summed E-state index contributed by atoms with van der Waals surface area (Å²) in [6.45, 7) is 7.41. The second-order valence-corrected chi connectivity index (χ2v) is 35.0. The lowest BCUT2D eigenvalue weighted by molar-refractivity contribution is -0.161. The molecule has 0 aromatic heterocycles. The van der Waals surface area contributed by atoms with Crippen LogP contribution in [0.25, 0.3) is 0 Å². The zero-order chi connectivity index (χ0) is 78.3. The fourth-order valence-electron chi connectivity index (χ4n) is 13.8. The van der Waals surface area contributed by atoms with Crippen molar-refractivity contribution in [2.24, 2.45) is 5.92 Å². The third kappa shape index (κ3) is 81.9. The van der Waals surface area contributed by atoms with Crippen LogP contribution >= 0.6 is 15.6 Å². The highest BCUT2D eigenvalue weighted by molar-refractivity contribution is 7.47. The Morgan fingerprint density at radius 1 is 0.252 bits per heavy atom. The number of aliphatic hydroxyl groups excluding tert-OH is 1. The van der Waals surface area contributed by atoms with Crippen LogP contribution in [0.15, 0.2) is 0 Å². The van der Waals surface area contributed by atoms with E-state index in [-0.39, 0.29) is 25.7 Å². The van der Waals surface area contributed by atoms with Crippen LogP contribution in [0.4, 0.5) is 0 Å². The van der Waals surface area contributed by atoms with E-state index >= 15 is 0 Å². The molecule has 0 rings (SSSR count). The maximum absolute atomic E-state index is 13.2. The zero-order valence-electron chi connectivity index (χ0n) is 70.3. The van der Waals surface area contributed by atoms with Crippen LogP contribution in [0.3, 0.4) is 0 Å². The zero-order valence-corrected chi connectivity index (χ0v) is 72.1. The lowest BCUT2D eigenvalue weighted by Gasteiger charge is -2.21. The third-order valence-electron chi connectivity index (χ3n) is 20.8. The highest BCUT2D eigenvalue weighted by Crippen LogP contribution is 2.45. The van der Waals surface area contributed by atoms with Gasteiger partial charge in [-0.3, -0.25) is 37.3 Å². The summed E-state index contributed by atoms with van der Waals surface area (Å²) in [5.74, 6) is -1.29. The summed E-state index contributed by atoms with van der Waals surface area (Å²) in [7, 11) is -9.93. The largest absolute Gasteiger partial charge is 0.472 e. The first-order valence-electron chi connectivity index (χ1n) is 45.6. The van der Waals surface area contributed by atoms with Crippen LogP contribution in [0.2, 0.25) is 0 Å². The predicted octanol–water partition coefficient (Wildman–Crippen LogP) is 27.2. The Morgan fingerprint density at radius 3 is 0.636 bits per heavy atom. The number of esters is 4. The second kappa shape index (κ2) is 80.7. The summed E-state index contributed by atoms with van der Waals surface area (Å²) in [5, 5.41) is 10.7. The van der Waals surface area contributed by atoms with Crippen molar-refractivity contribution in [3.8, 4) is 0 Å². The fraction of sp³-hybridized carbons (Fsp3) is 0.955. The van der Waals surface area contributed by atoms with Crippen LogP contribution in [0.1, 0.15) is 478 Å². The van der Waals surface area contributed by atoms with Gasteiger partial charge in [0.15, 0.2) is 12.2 Å². The first kappa shape index (κ1) is 105. The molecule has 2 unspecified atom stereocenters. The van der Waals surface area contributed by atoms with Gasteiger partial charge >= 0.3 is 39.5 Å². The highest BCUT2D eigenvalue weighted by atomic mass is 31.2. The Balaban J connectivity index is 5.25. The van der Waals surface area contributed by atoms with Gasteiger partial charge in [0, 0.05) is 25.7 Å². The Bertz CT molecular complexity index is 2030. The number of unbranched alkanes of at least 4 members (excludes halogenated alkanes) is 60. The quantitative estimate of drug-likeness (QED) is 0.0222. The van der Waals surface area contributed by atoms with Gasteiger partial charge in [-0.25, -0.2) is 9.13 Å². The molecule has 0 aliphatic rings. The number of aliphatic hydroxyl groups is 1. The van der Waals surface area contributed by atoms with Gasteiger partial charge in [0.2, 0.25) is 0 Å². The molecule has 0 saturated carbocycles. The Kier molecular flexibility index (Phi) is 79.2. The van der Waals surface area contributed by atoms with Crippen LogP contribution in [-0.2, 0) is 65.4 Å².